The number of hydrogen-bond acceptors (Lipinski definition) is 4. The van der Waals surface area contributed by atoms with Crippen molar-refractivity contribution in [1.82, 2.24) is 15.2 Å². The topological polar surface area (TPSA) is 54.5 Å². The number of nitrogens with one attached hydrogen (secondary N) is 1. The van der Waals surface area contributed by atoms with Gasteiger partial charge in [0.2, 0.25) is 0 Å². The van der Waals surface area contributed by atoms with Gasteiger partial charge in [-0.2, -0.15) is 0 Å². The number of nitrogens with zero attached hydrogens (tertiary/aromatic N) is 2. The van der Waals surface area contributed by atoms with Crippen LogP contribution in [0.4, 0.5) is 0 Å². The van der Waals surface area contributed by atoms with Gasteiger partial charge >= 0.3 is 0 Å². The van der Waals surface area contributed by atoms with Crippen LogP contribution in [-0.2, 0) is 4.74 Å². The zero-order chi connectivity index (χ0) is 17.6. The maximum atomic E-state index is 12.7. The second-order valence-electron chi connectivity index (χ2n) is 5.85. The van der Waals surface area contributed by atoms with Crippen molar-refractivity contribution in [3.8, 4) is 0 Å². The first-order valence-corrected chi connectivity index (χ1v) is 8.86. The lowest BCUT2D eigenvalue weighted by atomic mass is 10.1. The summed E-state index contributed by atoms with van der Waals surface area (Å²) in [6.45, 7) is 3.85. The lowest BCUT2D eigenvalue weighted by Crippen LogP contribution is -2.43. The number of aromatic nitrogens is 1. The van der Waals surface area contributed by atoms with Gasteiger partial charge in [-0.25, -0.2) is 4.98 Å². The standard InChI is InChI=1S/C18H19Cl2N3O2/c19-16-10-14(11-17(20)22-16)18(24)21-15(13-4-2-1-3-5-13)12-23-6-8-25-9-7-23/h1-5,10-11,15H,6-9,12H2,(H,21,24). The van der Waals surface area contributed by atoms with Crippen molar-refractivity contribution in [3.63, 3.8) is 0 Å². The Hall–Kier alpha value is -1.66. The van der Waals surface area contributed by atoms with Crippen LogP contribution in [0.1, 0.15) is 22.0 Å². The first kappa shape index (κ1) is 18.1. The van der Waals surface area contributed by atoms with Gasteiger partial charge in [0.05, 0.1) is 19.3 Å². The minimum atomic E-state index is -0.228. The van der Waals surface area contributed by atoms with Crippen LogP contribution in [0.5, 0.6) is 0 Å². The quantitative estimate of drug-likeness (QED) is 0.810. The molecule has 1 unspecified atom stereocenters. The molecule has 0 bridgehead atoms. The fraction of sp³-hybridized carbons (Fsp3) is 0.333. The summed E-state index contributed by atoms with van der Waals surface area (Å²) in [5.74, 6) is -0.228. The van der Waals surface area contributed by atoms with Crippen LogP contribution < -0.4 is 5.32 Å². The summed E-state index contributed by atoms with van der Waals surface area (Å²) in [5, 5.41) is 3.48. The maximum absolute atomic E-state index is 12.7. The Kier molecular flexibility index (Phi) is 6.26. The average molecular weight is 380 g/mol. The molecule has 0 spiro atoms. The first-order valence-electron chi connectivity index (χ1n) is 8.11. The molecule has 1 aliphatic rings. The summed E-state index contributed by atoms with van der Waals surface area (Å²) in [7, 11) is 0. The van der Waals surface area contributed by atoms with Gasteiger partial charge in [0.15, 0.2) is 0 Å². The molecule has 0 radical (unpaired) electrons. The normalized spacial score (nSPS) is 16.4. The molecule has 1 saturated heterocycles. The van der Waals surface area contributed by atoms with E-state index < -0.39 is 0 Å². The summed E-state index contributed by atoms with van der Waals surface area (Å²) in [6.07, 6.45) is 0. The fourth-order valence-corrected chi connectivity index (χ4v) is 3.26. The van der Waals surface area contributed by atoms with Crippen molar-refractivity contribution in [2.75, 3.05) is 32.8 Å². The Morgan fingerprint density at radius 1 is 1.16 bits per heavy atom. The largest absolute Gasteiger partial charge is 0.379 e. The highest BCUT2D eigenvalue weighted by atomic mass is 35.5. The molecule has 1 atom stereocenters. The monoisotopic (exact) mass is 379 g/mol. The molecule has 1 aromatic heterocycles. The molecule has 2 aromatic rings. The van der Waals surface area contributed by atoms with E-state index in [9.17, 15) is 4.79 Å². The molecule has 2 heterocycles. The predicted octanol–water partition coefficient (Wildman–Crippen LogP) is 3.19. The van der Waals surface area contributed by atoms with Gasteiger partial charge in [-0.3, -0.25) is 9.69 Å². The summed E-state index contributed by atoms with van der Waals surface area (Å²) < 4.78 is 5.40. The van der Waals surface area contributed by atoms with Crippen LogP contribution in [0, 0.1) is 0 Å². The zero-order valence-corrected chi connectivity index (χ0v) is 15.1. The van der Waals surface area contributed by atoms with E-state index in [1.165, 1.54) is 12.1 Å². The summed E-state index contributed by atoms with van der Waals surface area (Å²) in [5.41, 5.74) is 1.45. The SMILES string of the molecule is O=C(NC(CN1CCOCC1)c1ccccc1)c1cc(Cl)nc(Cl)c1. The minimum Gasteiger partial charge on any atom is -0.379 e. The predicted molar refractivity (Wildman–Crippen MR) is 98.2 cm³/mol. The molecule has 7 heteroatoms. The molecule has 132 valence electrons. The van der Waals surface area contributed by atoms with Crippen molar-refractivity contribution < 1.29 is 9.53 Å². The van der Waals surface area contributed by atoms with E-state index in [2.05, 4.69) is 15.2 Å². The van der Waals surface area contributed by atoms with Crippen LogP contribution in [0.25, 0.3) is 0 Å². The lowest BCUT2D eigenvalue weighted by Gasteiger charge is -2.31. The smallest absolute Gasteiger partial charge is 0.252 e. The number of amides is 1. The van der Waals surface area contributed by atoms with Crippen LogP contribution in [0.3, 0.4) is 0 Å². The van der Waals surface area contributed by atoms with Gasteiger partial charge in [-0.15, -0.1) is 0 Å². The summed E-state index contributed by atoms with van der Waals surface area (Å²) >= 11 is 11.8. The third kappa shape index (κ3) is 5.16. The third-order valence-corrected chi connectivity index (χ3v) is 4.46. The number of benzene rings is 1. The van der Waals surface area contributed by atoms with Crippen molar-refractivity contribution in [2.24, 2.45) is 0 Å². The number of carbonyl (C=O) groups is 1. The number of pyridine rings is 1. The molecule has 25 heavy (non-hydrogen) atoms. The molecular formula is C18H19Cl2N3O2. The van der Waals surface area contributed by atoms with E-state index in [1.54, 1.807) is 0 Å². The summed E-state index contributed by atoms with van der Waals surface area (Å²) in [4.78, 5) is 18.8. The third-order valence-electron chi connectivity index (χ3n) is 4.08. The van der Waals surface area contributed by atoms with Gasteiger partial charge in [-0.05, 0) is 17.7 Å². The Morgan fingerprint density at radius 3 is 2.44 bits per heavy atom. The van der Waals surface area contributed by atoms with E-state index in [0.717, 1.165) is 18.7 Å². The van der Waals surface area contributed by atoms with E-state index in [-0.39, 0.29) is 22.3 Å². The molecule has 1 N–H and O–H groups in total. The molecule has 5 nitrogen and oxygen atoms in total. The Balaban J connectivity index is 1.77. The second-order valence-corrected chi connectivity index (χ2v) is 6.63. The van der Waals surface area contributed by atoms with Crippen LogP contribution in [0.15, 0.2) is 42.5 Å². The lowest BCUT2D eigenvalue weighted by molar-refractivity contribution is 0.0332. The molecule has 1 aromatic carbocycles. The van der Waals surface area contributed by atoms with Gasteiger partial charge in [0.1, 0.15) is 10.3 Å². The molecule has 1 aliphatic heterocycles. The fourth-order valence-electron chi connectivity index (χ4n) is 2.80. The zero-order valence-electron chi connectivity index (χ0n) is 13.6. The van der Waals surface area contributed by atoms with Gasteiger partial charge in [0, 0.05) is 25.2 Å². The van der Waals surface area contributed by atoms with Crippen molar-refractivity contribution in [3.05, 3.63) is 63.9 Å². The van der Waals surface area contributed by atoms with Gasteiger partial charge < -0.3 is 10.1 Å². The number of ether oxygens (including phenoxy) is 1. The molecule has 1 amide bonds. The number of rotatable bonds is 5. The van der Waals surface area contributed by atoms with Crippen LogP contribution >= 0.6 is 23.2 Å². The molecule has 3 rings (SSSR count). The van der Waals surface area contributed by atoms with E-state index in [1.807, 2.05) is 30.3 Å². The average Bonchev–Trinajstić information content (AvgIpc) is 2.62. The highest BCUT2D eigenvalue weighted by Gasteiger charge is 2.21. The summed E-state index contributed by atoms with van der Waals surface area (Å²) in [6, 6.07) is 12.8. The minimum absolute atomic E-state index is 0.141. The molecule has 1 fully saturated rings. The Labute approximate surface area is 156 Å². The maximum Gasteiger partial charge on any atom is 0.252 e. The number of hydrogen-bond donors (Lipinski definition) is 1. The Morgan fingerprint density at radius 2 is 1.80 bits per heavy atom. The molecule has 0 aliphatic carbocycles. The molecule has 0 saturated carbocycles. The number of carbonyl (C=O) groups excluding carboxylic acids is 1. The highest BCUT2D eigenvalue weighted by Crippen LogP contribution is 2.18. The first-order chi connectivity index (χ1) is 12.1. The number of halogens is 2. The van der Waals surface area contributed by atoms with Gasteiger partial charge in [0.25, 0.3) is 5.91 Å². The van der Waals surface area contributed by atoms with Gasteiger partial charge in [-0.1, -0.05) is 53.5 Å². The van der Waals surface area contributed by atoms with E-state index in [4.69, 9.17) is 27.9 Å². The van der Waals surface area contributed by atoms with Crippen LogP contribution in [0.2, 0.25) is 10.3 Å². The second kappa shape index (κ2) is 8.63. The number of morpholine rings is 1. The van der Waals surface area contributed by atoms with Crippen LogP contribution in [-0.4, -0.2) is 48.6 Å². The van der Waals surface area contributed by atoms with Crippen molar-refractivity contribution >= 4 is 29.1 Å². The van der Waals surface area contributed by atoms with Crippen molar-refractivity contribution in [2.45, 2.75) is 6.04 Å². The van der Waals surface area contributed by atoms with E-state index in [0.29, 0.717) is 25.3 Å². The van der Waals surface area contributed by atoms with E-state index >= 15 is 0 Å². The Bertz CT molecular complexity index is 701. The highest BCUT2D eigenvalue weighted by molar-refractivity contribution is 6.33. The molecular weight excluding hydrogens is 361 g/mol. The van der Waals surface area contributed by atoms with Crippen molar-refractivity contribution in [1.29, 1.82) is 0 Å².